The number of carboxylic acids is 1. The molecule has 1 aromatic carbocycles. The minimum atomic E-state index is -0.987. The number of amides is 1. The van der Waals surface area contributed by atoms with Crippen LogP contribution >= 0.6 is 22.9 Å². The molecule has 2 rings (SSSR count). The highest BCUT2D eigenvalue weighted by Crippen LogP contribution is 2.27. The molecule has 0 atom stereocenters. The highest BCUT2D eigenvalue weighted by atomic mass is 35.5. The van der Waals surface area contributed by atoms with Crippen LogP contribution in [0.3, 0.4) is 0 Å². The Bertz CT molecular complexity index is 666. The maximum Gasteiger partial charge on any atom is 0.346 e. The van der Waals surface area contributed by atoms with Gasteiger partial charge in [0.05, 0.1) is 11.4 Å². The first kappa shape index (κ1) is 14.6. The third kappa shape index (κ3) is 3.37. The van der Waals surface area contributed by atoms with Gasteiger partial charge in [-0.1, -0.05) is 29.8 Å². The molecule has 2 aromatic rings. The molecular weight excluding hydrogens is 298 g/mol. The molecule has 1 heterocycles. The summed E-state index contributed by atoms with van der Waals surface area (Å²) in [4.78, 5) is 23.1. The summed E-state index contributed by atoms with van der Waals surface area (Å²) in [5.74, 6) is -1.21. The van der Waals surface area contributed by atoms with Crippen LogP contribution in [0.2, 0.25) is 5.02 Å². The Morgan fingerprint density at radius 3 is 2.65 bits per heavy atom. The highest BCUT2D eigenvalue weighted by Gasteiger charge is 2.14. The molecule has 0 aliphatic rings. The maximum absolute atomic E-state index is 11.9. The van der Waals surface area contributed by atoms with E-state index in [2.05, 4.69) is 5.32 Å². The van der Waals surface area contributed by atoms with Gasteiger partial charge in [0.2, 0.25) is 5.91 Å². The summed E-state index contributed by atoms with van der Waals surface area (Å²) < 4.78 is 0. The first-order chi connectivity index (χ1) is 9.47. The fourth-order valence-electron chi connectivity index (χ4n) is 1.75. The molecule has 0 fully saturated rings. The van der Waals surface area contributed by atoms with E-state index in [4.69, 9.17) is 16.7 Å². The number of carbonyl (C=O) groups is 2. The van der Waals surface area contributed by atoms with Crippen molar-refractivity contribution in [1.82, 2.24) is 0 Å². The zero-order valence-electron chi connectivity index (χ0n) is 10.6. The Labute approximate surface area is 125 Å². The summed E-state index contributed by atoms with van der Waals surface area (Å²) in [6.45, 7) is 1.70. The Hall–Kier alpha value is -1.85. The largest absolute Gasteiger partial charge is 0.477 e. The number of anilines is 1. The fraction of sp³-hybridized carbons (Fsp3) is 0.143. The maximum atomic E-state index is 11.9. The smallest absolute Gasteiger partial charge is 0.346 e. The van der Waals surface area contributed by atoms with Crippen LogP contribution in [0.4, 0.5) is 5.00 Å². The molecule has 0 aliphatic carbocycles. The summed E-state index contributed by atoms with van der Waals surface area (Å²) in [6, 6.07) is 8.77. The molecule has 0 unspecified atom stereocenters. The van der Waals surface area contributed by atoms with Crippen molar-refractivity contribution in [2.75, 3.05) is 5.32 Å². The number of rotatable bonds is 4. The van der Waals surface area contributed by atoms with Gasteiger partial charge in [0.15, 0.2) is 0 Å². The predicted molar refractivity (Wildman–Crippen MR) is 79.8 cm³/mol. The summed E-state index contributed by atoms with van der Waals surface area (Å²) in [6.07, 6.45) is 0.152. The van der Waals surface area contributed by atoms with Gasteiger partial charge in [0.1, 0.15) is 4.88 Å². The number of thiophene rings is 1. The predicted octanol–water partition coefficient (Wildman–Crippen LogP) is 3.59. The number of aryl methyl sites for hydroxylation is 1. The molecule has 4 nitrogen and oxygen atoms in total. The lowest BCUT2D eigenvalue weighted by Crippen LogP contribution is -2.13. The van der Waals surface area contributed by atoms with Crippen LogP contribution in [0.25, 0.3) is 0 Å². The second kappa shape index (κ2) is 6.07. The summed E-state index contributed by atoms with van der Waals surface area (Å²) in [5, 5.41) is 12.7. The van der Waals surface area contributed by atoms with Crippen LogP contribution in [0, 0.1) is 6.92 Å². The van der Waals surface area contributed by atoms with E-state index < -0.39 is 5.97 Å². The second-order valence-electron chi connectivity index (χ2n) is 4.24. The molecule has 0 saturated carbocycles. The Morgan fingerprint density at radius 1 is 1.35 bits per heavy atom. The van der Waals surface area contributed by atoms with Crippen molar-refractivity contribution in [2.24, 2.45) is 0 Å². The van der Waals surface area contributed by atoms with Gasteiger partial charge in [-0.3, -0.25) is 4.79 Å². The fourth-order valence-corrected chi connectivity index (χ4v) is 2.88. The third-order valence-corrected chi connectivity index (χ3v) is 4.19. The number of nitrogens with one attached hydrogen (secondary N) is 1. The van der Waals surface area contributed by atoms with Crippen molar-refractivity contribution in [2.45, 2.75) is 13.3 Å². The number of carbonyl (C=O) groups excluding carboxylic acids is 1. The van der Waals surface area contributed by atoms with Crippen molar-refractivity contribution >= 4 is 39.8 Å². The third-order valence-electron chi connectivity index (χ3n) is 2.68. The first-order valence-corrected chi connectivity index (χ1v) is 7.04. The van der Waals surface area contributed by atoms with Crippen LogP contribution in [0.5, 0.6) is 0 Å². The molecule has 1 amide bonds. The molecule has 0 aliphatic heterocycles. The van der Waals surface area contributed by atoms with E-state index in [1.165, 1.54) is 0 Å². The molecular formula is C14H12ClNO3S. The SMILES string of the molecule is Cc1cc(NC(=O)Cc2ccccc2Cl)sc1C(=O)O. The average Bonchev–Trinajstić information content (AvgIpc) is 2.73. The molecule has 0 bridgehead atoms. The van der Waals surface area contributed by atoms with Gasteiger partial charge in [0, 0.05) is 5.02 Å². The standard InChI is InChI=1S/C14H12ClNO3S/c1-8-6-12(20-13(8)14(18)19)16-11(17)7-9-4-2-3-5-10(9)15/h2-6H,7H2,1H3,(H,16,17)(H,18,19). The van der Waals surface area contributed by atoms with Crippen molar-refractivity contribution in [3.05, 3.63) is 51.4 Å². The van der Waals surface area contributed by atoms with Crippen molar-refractivity contribution in [3.63, 3.8) is 0 Å². The van der Waals surface area contributed by atoms with E-state index >= 15 is 0 Å². The molecule has 0 saturated heterocycles. The van der Waals surface area contributed by atoms with Gasteiger partial charge >= 0.3 is 5.97 Å². The van der Waals surface area contributed by atoms with Gasteiger partial charge in [-0.15, -0.1) is 11.3 Å². The lowest BCUT2D eigenvalue weighted by molar-refractivity contribution is -0.115. The van der Waals surface area contributed by atoms with Gasteiger partial charge in [0.25, 0.3) is 0 Å². The van der Waals surface area contributed by atoms with E-state index in [-0.39, 0.29) is 17.2 Å². The zero-order chi connectivity index (χ0) is 14.7. The van der Waals surface area contributed by atoms with Crippen LogP contribution < -0.4 is 5.32 Å². The quantitative estimate of drug-likeness (QED) is 0.907. The Morgan fingerprint density at radius 2 is 2.05 bits per heavy atom. The van der Waals surface area contributed by atoms with Gasteiger partial charge in [-0.2, -0.15) is 0 Å². The second-order valence-corrected chi connectivity index (χ2v) is 5.70. The average molecular weight is 310 g/mol. The van der Waals surface area contributed by atoms with Crippen molar-refractivity contribution < 1.29 is 14.7 Å². The number of aromatic carboxylic acids is 1. The zero-order valence-corrected chi connectivity index (χ0v) is 12.2. The van der Waals surface area contributed by atoms with E-state index in [9.17, 15) is 9.59 Å². The van der Waals surface area contributed by atoms with Crippen LogP contribution in [0.1, 0.15) is 20.8 Å². The van der Waals surface area contributed by atoms with E-state index in [1.54, 1.807) is 31.2 Å². The number of benzene rings is 1. The minimum absolute atomic E-state index is 0.152. The van der Waals surface area contributed by atoms with Gasteiger partial charge in [-0.05, 0) is 30.2 Å². The summed E-state index contributed by atoms with van der Waals surface area (Å²) in [7, 11) is 0. The number of hydrogen-bond acceptors (Lipinski definition) is 3. The van der Waals surface area contributed by atoms with Crippen LogP contribution in [-0.2, 0) is 11.2 Å². The first-order valence-electron chi connectivity index (χ1n) is 5.84. The molecule has 2 N–H and O–H groups in total. The molecule has 0 spiro atoms. The monoisotopic (exact) mass is 309 g/mol. The Balaban J connectivity index is 2.07. The molecule has 0 radical (unpaired) electrons. The summed E-state index contributed by atoms with van der Waals surface area (Å²) >= 11 is 7.03. The van der Waals surface area contributed by atoms with Crippen molar-refractivity contribution in [3.8, 4) is 0 Å². The lowest BCUT2D eigenvalue weighted by atomic mass is 10.1. The minimum Gasteiger partial charge on any atom is -0.477 e. The highest BCUT2D eigenvalue weighted by molar-refractivity contribution is 7.18. The van der Waals surface area contributed by atoms with Crippen LogP contribution in [-0.4, -0.2) is 17.0 Å². The van der Waals surface area contributed by atoms with E-state index in [0.717, 1.165) is 16.9 Å². The van der Waals surface area contributed by atoms with Crippen LogP contribution in [0.15, 0.2) is 30.3 Å². The van der Waals surface area contributed by atoms with Crippen molar-refractivity contribution in [1.29, 1.82) is 0 Å². The topological polar surface area (TPSA) is 66.4 Å². The van der Waals surface area contributed by atoms with Gasteiger partial charge in [-0.25, -0.2) is 4.79 Å². The van der Waals surface area contributed by atoms with E-state index in [1.807, 2.05) is 6.07 Å². The lowest BCUT2D eigenvalue weighted by Gasteiger charge is -2.04. The molecule has 1 aromatic heterocycles. The number of hydrogen-bond donors (Lipinski definition) is 2. The normalized spacial score (nSPS) is 10.3. The summed E-state index contributed by atoms with van der Waals surface area (Å²) in [5.41, 5.74) is 1.37. The molecule has 6 heteroatoms. The number of halogens is 1. The van der Waals surface area contributed by atoms with E-state index in [0.29, 0.717) is 15.6 Å². The Kier molecular flexibility index (Phi) is 4.42. The molecule has 104 valence electrons. The number of carboxylic acid groups (broad SMARTS) is 1. The molecule has 20 heavy (non-hydrogen) atoms. The van der Waals surface area contributed by atoms with Gasteiger partial charge < -0.3 is 10.4 Å².